The number of anilines is 1. The molecule has 0 spiro atoms. The Morgan fingerprint density at radius 1 is 1.28 bits per heavy atom. The first-order chi connectivity index (χ1) is 13.7. The summed E-state index contributed by atoms with van der Waals surface area (Å²) >= 11 is 1.05. The van der Waals surface area contributed by atoms with Gasteiger partial charge in [0.1, 0.15) is 0 Å². The van der Waals surface area contributed by atoms with Gasteiger partial charge in [0.25, 0.3) is 0 Å². The number of sulfone groups is 1. The highest BCUT2D eigenvalue weighted by Gasteiger charge is 2.27. The highest BCUT2D eigenvalue weighted by atomic mass is 32.2. The van der Waals surface area contributed by atoms with Crippen LogP contribution in [0.5, 0.6) is 0 Å². The van der Waals surface area contributed by atoms with Gasteiger partial charge < -0.3 is 15.2 Å². The standard InChI is InChI=1S/C19H22N2O6S2/c1-29(25,26)14-4-2-13(3-5-14)15(10-12-6-8-27-9-7-12)17(22)21-19-20-16(11-28-19)18(23)24/h2-5,11-12,15H,6-10H2,1H3,(H,23,24)(H,20,21,22). The highest BCUT2D eigenvalue weighted by molar-refractivity contribution is 7.90. The van der Waals surface area contributed by atoms with Crippen LogP contribution < -0.4 is 5.32 Å². The number of benzene rings is 1. The third kappa shape index (κ3) is 5.62. The number of ether oxygens (including phenoxy) is 1. The van der Waals surface area contributed by atoms with Gasteiger partial charge in [-0.3, -0.25) is 4.79 Å². The molecule has 0 bridgehead atoms. The molecule has 2 N–H and O–H groups in total. The van der Waals surface area contributed by atoms with Gasteiger partial charge in [0.05, 0.1) is 10.8 Å². The second-order valence-electron chi connectivity index (χ2n) is 7.02. The van der Waals surface area contributed by atoms with Crippen molar-refractivity contribution in [2.24, 2.45) is 5.92 Å². The van der Waals surface area contributed by atoms with E-state index >= 15 is 0 Å². The van der Waals surface area contributed by atoms with Crippen molar-refractivity contribution in [1.29, 1.82) is 0 Å². The maximum absolute atomic E-state index is 13.0. The molecule has 10 heteroatoms. The van der Waals surface area contributed by atoms with Gasteiger partial charge in [0, 0.05) is 24.8 Å². The molecule has 1 aliphatic rings. The van der Waals surface area contributed by atoms with Crippen molar-refractivity contribution in [1.82, 2.24) is 4.98 Å². The van der Waals surface area contributed by atoms with Crippen LogP contribution in [0, 0.1) is 5.92 Å². The van der Waals surface area contributed by atoms with Crippen molar-refractivity contribution in [3.63, 3.8) is 0 Å². The fourth-order valence-corrected chi connectivity index (χ4v) is 4.60. The molecule has 156 valence electrons. The number of carbonyl (C=O) groups is 2. The van der Waals surface area contributed by atoms with Crippen LogP contribution in [0.3, 0.4) is 0 Å². The smallest absolute Gasteiger partial charge is 0.355 e. The molecule has 0 radical (unpaired) electrons. The molecule has 1 amide bonds. The number of carboxylic acids is 1. The van der Waals surface area contributed by atoms with E-state index in [-0.39, 0.29) is 21.6 Å². The summed E-state index contributed by atoms with van der Waals surface area (Å²) in [4.78, 5) is 28.1. The van der Waals surface area contributed by atoms with Crippen molar-refractivity contribution in [3.8, 4) is 0 Å². The van der Waals surface area contributed by atoms with Crippen LogP contribution in [0.25, 0.3) is 0 Å². The maximum Gasteiger partial charge on any atom is 0.355 e. The van der Waals surface area contributed by atoms with Crippen LogP contribution in [-0.4, -0.2) is 49.9 Å². The monoisotopic (exact) mass is 438 g/mol. The maximum atomic E-state index is 13.0. The van der Waals surface area contributed by atoms with Crippen molar-refractivity contribution in [3.05, 3.63) is 40.9 Å². The minimum atomic E-state index is -3.33. The van der Waals surface area contributed by atoms with E-state index in [1.54, 1.807) is 12.1 Å². The molecule has 2 aromatic rings. The molecular weight excluding hydrogens is 416 g/mol. The van der Waals surface area contributed by atoms with Crippen molar-refractivity contribution in [2.45, 2.75) is 30.1 Å². The molecule has 1 aliphatic heterocycles. The molecule has 1 fully saturated rings. The summed E-state index contributed by atoms with van der Waals surface area (Å²) < 4.78 is 28.8. The highest BCUT2D eigenvalue weighted by Crippen LogP contribution is 2.31. The lowest BCUT2D eigenvalue weighted by atomic mass is 9.84. The molecule has 1 saturated heterocycles. The largest absolute Gasteiger partial charge is 0.476 e. The summed E-state index contributed by atoms with van der Waals surface area (Å²) in [5, 5.41) is 13.3. The van der Waals surface area contributed by atoms with Crippen LogP contribution >= 0.6 is 11.3 Å². The third-order valence-corrected chi connectivity index (χ3v) is 6.78. The zero-order valence-corrected chi connectivity index (χ0v) is 17.5. The van der Waals surface area contributed by atoms with E-state index in [0.29, 0.717) is 31.1 Å². The molecule has 2 heterocycles. The van der Waals surface area contributed by atoms with E-state index < -0.39 is 21.7 Å². The summed E-state index contributed by atoms with van der Waals surface area (Å²) in [6, 6.07) is 6.32. The molecule has 0 aliphatic carbocycles. The first-order valence-corrected chi connectivity index (χ1v) is 11.9. The molecule has 1 unspecified atom stereocenters. The Morgan fingerprint density at radius 3 is 2.48 bits per heavy atom. The summed E-state index contributed by atoms with van der Waals surface area (Å²) in [5.74, 6) is -1.66. The summed E-state index contributed by atoms with van der Waals surface area (Å²) in [5.41, 5.74) is 0.584. The lowest BCUT2D eigenvalue weighted by Crippen LogP contribution is -2.26. The number of nitrogens with one attached hydrogen (secondary N) is 1. The second kappa shape index (κ2) is 9.02. The average Bonchev–Trinajstić information content (AvgIpc) is 3.15. The number of amides is 1. The Labute approximate surface area is 172 Å². The van der Waals surface area contributed by atoms with Crippen LogP contribution in [-0.2, 0) is 19.4 Å². The topological polar surface area (TPSA) is 123 Å². The summed E-state index contributed by atoms with van der Waals surface area (Å²) in [7, 11) is -3.33. The average molecular weight is 439 g/mol. The number of hydrogen-bond acceptors (Lipinski definition) is 7. The minimum absolute atomic E-state index is 0.121. The number of nitrogens with zero attached hydrogens (tertiary/aromatic N) is 1. The number of aromatic nitrogens is 1. The van der Waals surface area contributed by atoms with Gasteiger partial charge >= 0.3 is 5.97 Å². The molecule has 1 aromatic heterocycles. The first kappa shape index (κ1) is 21.4. The van der Waals surface area contributed by atoms with Gasteiger partial charge in [-0.25, -0.2) is 18.2 Å². The van der Waals surface area contributed by atoms with Crippen molar-refractivity contribution < 1.29 is 27.9 Å². The van der Waals surface area contributed by atoms with Crippen molar-refractivity contribution in [2.75, 3.05) is 24.8 Å². The van der Waals surface area contributed by atoms with E-state index in [0.717, 1.165) is 30.4 Å². The Balaban J connectivity index is 1.82. The lowest BCUT2D eigenvalue weighted by Gasteiger charge is -2.26. The fourth-order valence-electron chi connectivity index (χ4n) is 3.28. The first-order valence-electron chi connectivity index (χ1n) is 9.11. The molecule has 0 saturated carbocycles. The number of carboxylic acid groups (broad SMARTS) is 1. The molecule has 1 atom stereocenters. The molecule has 8 nitrogen and oxygen atoms in total. The third-order valence-electron chi connectivity index (χ3n) is 4.89. The van der Waals surface area contributed by atoms with E-state index in [9.17, 15) is 18.0 Å². The predicted molar refractivity (Wildman–Crippen MR) is 108 cm³/mol. The number of hydrogen-bond donors (Lipinski definition) is 2. The van der Waals surface area contributed by atoms with E-state index in [1.165, 1.54) is 17.5 Å². The zero-order chi connectivity index (χ0) is 21.0. The van der Waals surface area contributed by atoms with Gasteiger partial charge in [0.2, 0.25) is 5.91 Å². The summed E-state index contributed by atoms with van der Waals surface area (Å²) in [6.07, 6.45) is 3.43. The Morgan fingerprint density at radius 2 is 1.93 bits per heavy atom. The minimum Gasteiger partial charge on any atom is -0.476 e. The molecule has 3 rings (SSSR count). The van der Waals surface area contributed by atoms with Crippen LogP contribution in [0.2, 0.25) is 0 Å². The number of rotatable bonds is 7. The van der Waals surface area contributed by atoms with Crippen molar-refractivity contribution >= 4 is 38.2 Å². The summed E-state index contributed by atoms with van der Waals surface area (Å²) in [6.45, 7) is 1.31. The van der Waals surface area contributed by atoms with Gasteiger partial charge in [-0.15, -0.1) is 11.3 Å². The normalized spacial score (nSPS) is 16.3. The molecule has 1 aromatic carbocycles. The van der Waals surface area contributed by atoms with Crippen LogP contribution in [0.15, 0.2) is 34.5 Å². The zero-order valence-electron chi connectivity index (χ0n) is 15.8. The van der Waals surface area contributed by atoms with E-state index in [4.69, 9.17) is 9.84 Å². The SMILES string of the molecule is CS(=O)(=O)c1ccc(C(CC2CCOCC2)C(=O)Nc2nc(C(=O)O)cs2)cc1. The fraction of sp³-hybridized carbons (Fsp3) is 0.421. The second-order valence-corrected chi connectivity index (χ2v) is 9.89. The predicted octanol–water partition coefficient (Wildman–Crippen LogP) is 2.78. The Hall–Kier alpha value is -2.30. The lowest BCUT2D eigenvalue weighted by molar-refractivity contribution is -0.118. The Kier molecular flexibility index (Phi) is 6.66. The van der Waals surface area contributed by atoms with Crippen LogP contribution in [0.4, 0.5) is 5.13 Å². The van der Waals surface area contributed by atoms with Gasteiger partial charge in [-0.1, -0.05) is 12.1 Å². The van der Waals surface area contributed by atoms with Gasteiger partial charge in [0.15, 0.2) is 20.7 Å². The Bertz CT molecular complexity index is 978. The van der Waals surface area contributed by atoms with E-state index in [2.05, 4.69) is 10.3 Å². The number of aromatic carboxylic acids is 1. The molecule has 29 heavy (non-hydrogen) atoms. The van der Waals surface area contributed by atoms with Crippen LogP contribution in [0.1, 0.15) is 41.2 Å². The van der Waals surface area contributed by atoms with Gasteiger partial charge in [-0.05, 0) is 42.9 Å². The van der Waals surface area contributed by atoms with E-state index in [1.807, 2.05) is 0 Å². The quantitative estimate of drug-likeness (QED) is 0.681. The number of thiazole rings is 1. The number of carbonyl (C=O) groups excluding carboxylic acids is 1. The van der Waals surface area contributed by atoms with Gasteiger partial charge in [-0.2, -0.15) is 0 Å². The molecular formula is C19H22N2O6S2.